The molecule has 0 atom stereocenters. The standard InChI is InChI=1S/C8H20N.CBF6/c1-5-9(6-2,7-3)8-4;3-1(4,5)2(6,7)8/h5-8H2,1-4H3;/q+1;-1. The fourth-order valence-corrected chi connectivity index (χ4v) is 1.34. The van der Waals surface area contributed by atoms with E-state index in [9.17, 15) is 26.1 Å². The molecule has 106 valence electrons. The molecule has 0 saturated carbocycles. The summed E-state index contributed by atoms with van der Waals surface area (Å²) < 4.78 is 64.2. The molecule has 0 spiro atoms. The Bertz CT molecular complexity index is 167. The van der Waals surface area contributed by atoms with Gasteiger partial charge < -0.3 is 17.4 Å². The van der Waals surface area contributed by atoms with E-state index >= 15 is 0 Å². The Balaban J connectivity index is 0. The smallest absolute Gasteiger partial charge is 0.443 e. The van der Waals surface area contributed by atoms with Gasteiger partial charge in [0.25, 0.3) is 0 Å². The molecule has 0 aliphatic heterocycles. The SMILES string of the molecule is CC[N+](CC)(CC)CC.F[B-](F)(F)C(F)(F)F. The Kier molecular flexibility index (Phi) is 7.95. The third-order valence-electron chi connectivity index (χ3n) is 3.05. The molecule has 0 saturated heterocycles. The number of alkyl halides is 3. The second-order valence-electron chi connectivity index (χ2n) is 3.72. The molecule has 0 fully saturated rings. The minimum Gasteiger partial charge on any atom is -0.443 e. The Labute approximate surface area is 98.4 Å². The van der Waals surface area contributed by atoms with E-state index in [0.717, 1.165) is 0 Å². The number of nitrogens with zero attached hydrogens (tertiary/aromatic N) is 1. The molecule has 0 bridgehead atoms. The molecular weight excluding hydrogens is 247 g/mol. The van der Waals surface area contributed by atoms with Crippen LogP contribution < -0.4 is 0 Å². The van der Waals surface area contributed by atoms with Gasteiger partial charge >= 0.3 is 13.1 Å². The summed E-state index contributed by atoms with van der Waals surface area (Å²) in [6, 6.07) is 0. The van der Waals surface area contributed by atoms with Crippen LogP contribution in [0.25, 0.3) is 0 Å². The summed E-state index contributed by atoms with van der Waals surface area (Å²) in [6.45, 7) is 7.58. The normalized spacial score (nSPS) is 13.1. The van der Waals surface area contributed by atoms with Crippen molar-refractivity contribution in [2.45, 2.75) is 33.8 Å². The van der Waals surface area contributed by atoms with E-state index in [1.54, 1.807) is 0 Å². The van der Waals surface area contributed by atoms with Crippen molar-refractivity contribution in [1.29, 1.82) is 0 Å². The van der Waals surface area contributed by atoms with Crippen LogP contribution in [0.5, 0.6) is 0 Å². The number of hydrogen-bond donors (Lipinski definition) is 0. The summed E-state index contributed by atoms with van der Waals surface area (Å²) in [5, 5.41) is 0. The highest BCUT2D eigenvalue weighted by Gasteiger charge is 2.53. The second-order valence-corrected chi connectivity index (χ2v) is 3.72. The molecule has 0 radical (unpaired) electrons. The van der Waals surface area contributed by atoms with Crippen molar-refractivity contribution in [2.24, 2.45) is 0 Å². The van der Waals surface area contributed by atoms with Gasteiger partial charge in [-0.3, -0.25) is 0 Å². The minimum absolute atomic E-state index is 1.28. The van der Waals surface area contributed by atoms with Gasteiger partial charge in [0.2, 0.25) is 0 Å². The van der Waals surface area contributed by atoms with E-state index in [-0.39, 0.29) is 0 Å². The zero-order chi connectivity index (χ0) is 14.3. The molecular formula is C9H20BF6N. The van der Waals surface area contributed by atoms with E-state index in [0.29, 0.717) is 0 Å². The zero-order valence-electron chi connectivity index (χ0n) is 10.6. The van der Waals surface area contributed by atoms with Gasteiger partial charge in [-0.15, -0.1) is 0 Å². The molecule has 0 aliphatic rings. The fourth-order valence-electron chi connectivity index (χ4n) is 1.34. The molecule has 17 heavy (non-hydrogen) atoms. The number of hydrogen-bond acceptors (Lipinski definition) is 0. The minimum atomic E-state index is -6.65. The lowest BCUT2D eigenvalue weighted by Crippen LogP contribution is -2.47. The lowest BCUT2D eigenvalue weighted by Gasteiger charge is -2.34. The van der Waals surface area contributed by atoms with E-state index < -0.39 is 13.1 Å². The summed E-state index contributed by atoms with van der Waals surface area (Å²) in [5.41, 5.74) is 0. The summed E-state index contributed by atoms with van der Waals surface area (Å²) in [4.78, 5) is 0. The summed E-state index contributed by atoms with van der Waals surface area (Å²) in [6.07, 6.45) is -6.00. The molecule has 0 aromatic carbocycles. The maximum absolute atomic E-state index is 10.5. The van der Waals surface area contributed by atoms with Crippen molar-refractivity contribution in [3.63, 3.8) is 0 Å². The molecule has 0 amide bonds. The highest BCUT2D eigenvalue weighted by atomic mass is 19.4. The average Bonchev–Trinajstić information content (AvgIpc) is 2.20. The van der Waals surface area contributed by atoms with Gasteiger partial charge in [0, 0.05) is 0 Å². The van der Waals surface area contributed by atoms with Gasteiger partial charge in [-0.05, 0) is 27.7 Å². The van der Waals surface area contributed by atoms with Crippen molar-refractivity contribution >= 4 is 6.98 Å². The maximum atomic E-state index is 10.5. The first-order valence-electron chi connectivity index (χ1n) is 5.60. The van der Waals surface area contributed by atoms with E-state index in [4.69, 9.17) is 0 Å². The molecule has 0 rings (SSSR count). The lowest BCUT2D eigenvalue weighted by molar-refractivity contribution is -0.921. The first kappa shape index (κ1) is 19.0. The van der Waals surface area contributed by atoms with Crippen LogP contribution in [0.4, 0.5) is 26.1 Å². The zero-order valence-corrected chi connectivity index (χ0v) is 10.6. The van der Waals surface area contributed by atoms with Crippen LogP contribution in [0.15, 0.2) is 0 Å². The van der Waals surface area contributed by atoms with Crippen LogP contribution in [0.2, 0.25) is 0 Å². The van der Waals surface area contributed by atoms with Crippen LogP contribution in [-0.2, 0) is 0 Å². The predicted molar refractivity (Wildman–Crippen MR) is 57.6 cm³/mol. The van der Waals surface area contributed by atoms with E-state index in [1.807, 2.05) is 0 Å². The molecule has 0 heterocycles. The van der Waals surface area contributed by atoms with Crippen molar-refractivity contribution in [1.82, 2.24) is 0 Å². The molecule has 0 aromatic rings. The highest BCUT2D eigenvalue weighted by molar-refractivity contribution is 6.60. The first-order chi connectivity index (χ1) is 7.49. The average molecular weight is 267 g/mol. The van der Waals surface area contributed by atoms with Crippen LogP contribution in [0.1, 0.15) is 27.7 Å². The second kappa shape index (κ2) is 7.13. The van der Waals surface area contributed by atoms with Crippen molar-refractivity contribution in [2.75, 3.05) is 26.2 Å². The molecule has 0 aromatic heterocycles. The topological polar surface area (TPSA) is 0 Å². The third kappa shape index (κ3) is 6.80. The van der Waals surface area contributed by atoms with Crippen LogP contribution >= 0.6 is 0 Å². The van der Waals surface area contributed by atoms with Gasteiger partial charge in [0.05, 0.1) is 26.2 Å². The molecule has 0 unspecified atom stereocenters. The monoisotopic (exact) mass is 267 g/mol. The van der Waals surface area contributed by atoms with E-state index in [1.165, 1.54) is 30.7 Å². The largest absolute Gasteiger partial charge is 0.583 e. The Morgan fingerprint density at radius 1 is 0.765 bits per heavy atom. The number of rotatable bonds is 4. The van der Waals surface area contributed by atoms with Crippen molar-refractivity contribution in [3.05, 3.63) is 0 Å². The molecule has 0 N–H and O–H groups in total. The van der Waals surface area contributed by atoms with Gasteiger partial charge in [0.1, 0.15) is 0 Å². The van der Waals surface area contributed by atoms with E-state index in [2.05, 4.69) is 27.7 Å². The quantitative estimate of drug-likeness (QED) is 0.412. The first-order valence-corrected chi connectivity index (χ1v) is 5.60. The van der Waals surface area contributed by atoms with Crippen LogP contribution in [0.3, 0.4) is 0 Å². The van der Waals surface area contributed by atoms with Gasteiger partial charge in [-0.1, -0.05) is 0 Å². The number of quaternary nitrogens is 1. The molecule has 0 aliphatic carbocycles. The fraction of sp³-hybridized carbons (Fsp3) is 1.00. The van der Waals surface area contributed by atoms with Crippen molar-refractivity contribution < 1.29 is 30.6 Å². The maximum Gasteiger partial charge on any atom is 0.583 e. The van der Waals surface area contributed by atoms with Gasteiger partial charge in [0.15, 0.2) is 0 Å². The van der Waals surface area contributed by atoms with Crippen LogP contribution in [-0.4, -0.2) is 43.7 Å². The highest BCUT2D eigenvalue weighted by Crippen LogP contribution is 2.31. The van der Waals surface area contributed by atoms with Gasteiger partial charge in [-0.2, -0.15) is 0 Å². The molecule has 1 nitrogen and oxygen atoms in total. The summed E-state index contributed by atoms with van der Waals surface area (Å²) >= 11 is 0. The molecule has 8 heteroatoms. The third-order valence-corrected chi connectivity index (χ3v) is 3.05. The predicted octanol–water partition coefficient (Wildman–Crippen LogP) is 3.82. The Hall–Kier alpha value is -0.395. The number of halogens is 6. The van der Waals surface area contributed by atoms with Crippen molar-refractivity contribution in [3.8, 4) is 0 Å². The van der Waals surface area contributed by atoms with Crippen LogP contribution in [0, 0.1) is 0 Å². The Morgan fingerprint density at radius 2 is 0.941 bits per heavy atom. The summed E-state index contributed by atoms with van der Waals surface area (Å²) in [7, 11) is 0. The summed E-state index contributed by atoms with van der Waals surface area (Å²) in [5.74, 6) is 0. The lowest BCUT2D eigenvalue weighted by atomic mass is 9.92. The van der Waals surface area contributed by atoms with Gasteiger partial charge in [-0.25, -0.2) is 13.2 Å². The Morgan fingerprint density at radius 3 is 0.941 bits per heavy atom.